The lowest BCUT2D eigenvalue weighted by molar-refractivity contribution is -0.121. The van der Waals surface area contributed by atoms with Crippen LogP contribution in [0.2, 0.25) is 0 Å². The number of amides is 1. The van der Waals surface area contributed by atoms with E-state index >= 15 is 0 Å². The molecule has 0 aliphatic carbocycles. The lowest BCUT2D eigenvalue weighted by atomic mass is 10.4. The van der Waals surface area contributed by atoms with Crippen molar-refractivity contribution < 1.29 is 17.7 Å². The summed E-state index contributed by atoms with van der Waals surface area (Å²) in [6, 6.07) is 9.85. The van der Waals surface area contributed by atoms with E-state index in [-0.39, 0.29) is 28.8 Å². The SMILES string of the molecule is Cc1noc(C)c1S(=O)(=O)N(C)CC(=O)NCCSc1ccccc1. The third-order valence-corrected chi connectivity index (χ3v) is 6.50. The Morgan fingerprint density at radius 3 is 2.56 bits per heavy atom. The van der Waals surface area contributed by atoms with Gasteiger partial charge in [0.1, 0.15) is 10.6 Å². The van der Waals surface area contributed by atoms with Gasteiger partial charge in [-0.15, -0.1) is 11.8 Å². The molecule has 0 fully saturated rings. The molecule has 7 nitrogen and oxygen atoms in total. The van der Waals surface area contributed by atoms with Gasteiger partial charge in [0.05, 0.1) is 6.54 Å². The fourth-order valence-electron chi connectivity index (χ4n) is 2.22. The number of thioether (sulfide) groups is 1. The Kier molecular flexibility index (Phi) is 6.63. The van der Waals surface area contributed by atoms with Gasteiger partial charge < -0.3 is 9.84 Å². The minimum atomic E-state index is -3.81. The van der Waals surface area contributed by atoms with Crippen LogP contribution in [0, 0.1) is 13.8 Å². The Labute approximate surface area is 151 Å². The molecule has 1 heterocycles. The quantitative estimate of drug-likeness (QED) is 0.552. The molecule has 0 radical (unpaired) electrons. The second-order valence-electron chi connectivity index (χ2n) is 5.43. The van der Waals surface area contributed by atoms with Crippen LogP contribution in [0.25, 0.3) is 0 Å². The van der Waals surface area contributed by atoms with E-state index in [0.29, 0.717) is 12.3 Å². The number of rotatable bonds is 8. The van der Waals surface area contributed by atoms with Gasteiger partial charge in [-0.25, -0.2) is 8.42 Å². The molecule has 0 aliphatic rings. The topological polar surface area (TPSA) is 92.5 Å². The molecule has 1 aromatic heterocycles. The lowest BCUT2D eigenvalue weighted by Gasteiger charge is -2.16. The Balaban J connectivity index is 1.83. The fraction of sp³-hybridized carbons (Fsp3) is 0.375. The van der Waals surface area contributed by atoms with E-state index in [2.05, 4.69) is 10.5 Å². The molecular formula is C16H21N3O4S2. The first-order valence-electron chi connectivity index (χ1n) is 7.66. The zero-order valence-corrected chi connectivity index (χ0v) is 16.0. The monoisotopic (exact) mass is 383 g/mol. The van der Waals surface area contributed by atoms with Crippen LogP contribution >= 0.6 is 11.8 Å². The smallest absolute Gasteiger partial charge is 0.248 e. The van der Waals surface area contributed by atoms with E-state index in [1.54, 1.807) is 18.7 Å². The predicted molar refractivity (Wildman–Crippen MR) is 96.0 cm³/mol. The number of nitrogens with one attached hydrogen (secondary N) is 1. The zero-order valence-electron chi connectivity index (χ0n) is 14.4. The van der Waals surface area contributed by atoms with Gasteiger partial charge in [-0.1, -0.05) is 23.4 Å². The van der Waals surface area contributed by atoms with E-state index in [4.69, 9.17) is 4.52 Å². The van der Waals surface area contributed by atoms with Gasteiger partial charge in [0.15, 0.2) is 5.76 Å². The van der Waals surface area contributed by atoms with Crippen LogP contribution in [0.1, 0.15) is 11.5 Å². The normalized spacial score (nSPS) is 11.7. The average Bonchev–Trinajstić information content (AvgIpc) is 2.92. The number of carbonyl (C=O) groups is 1. The molecule has 1 N–H and O–H groups in total. The summed E-state index contributed by atoms with van der Waals surface area (Å²) in [6.45, 7) is 3.28. The van der Waals surface area contributed by atoms with Crippen molar-refractivity contribution in [3.63, 3.8) is 0 Å². The summed E-state index contributed by atoms with van der Waals surface area (Å²) < 4.78 is 31.0. The zero-order chi connectivity index (χ0) is 18.4. The molecular weight excluding hydrogens is 362 g/mol. The Bertz CT molecular complexity index is 800. The number of hydrogen-bond donors (Lipinski definition) is 1. The van der Waals surface area contributed by atoms with Crippen LogP contribution in [-0.4, -0.2) is 49.7 Å². The number of aromatic nitrogens is 1. The minimum Gasteiger partial charge on any atom is -0.360 e. The summed E-state index contributed by atoms with van der Waals surface area (Å²) in [5.74, 6) is 0.561. The standard InChI is InChI=1S/C16H21N3O4S2/c1-12-16(13(2)23-18-12)25(21,22)19(3)11-15(20)17-9-10-24-14-7-5-4-6-8-14/h4-8H,9-11H2,1-3H3,(H,17,20). The highest BCUT2D eigenvalue weighted by Gasteiger charge is 2.29. The largest absolute Gasteiger partial charge is 0.360 e. The molecule has 0 atom stereocenters. The summed E-state index contributed by atoms with van der Waals surface area (Å²) >= 11 is 1.62. The molecule has 25 heavy (non-hydrogen) atoms. The second kappa shape index (κ2) is 8.50. The minimum absolute atomic E-state index is 0.0161. The molecule has 2 rings (SSSR count). The number of aryl methyl sites for hydroxylation is 2. The lowest BCUT2D eigenvalue weighted by Crippen LogP contribution is -2.39. The summed E-state index contributed by atoms with van der Waals surface area (Å²) in [7, 11) is -2.45. The van der Waals surface area contributed by atoms with Gasteiger partial charge in [-0.2, -0.15) is 4.31 Å². The Morgan fingerprint density at radius 2 is 1.96 bits per heavy atom. The highest BCUT2D eigenvalue weighted by atomic mass is 32.2. The molecule has 0 bridgehead atoms. The van der Waals surface area contributed by atoms with Crippen molar-refractivity contribution in [1.82, 2.24) is 14.8 Å². The molecule has 0 spiro atoms. The van der Waals surface area contributed by atoms with E-state index < -0.39 is 10.0 Å². The molecule has 9 heteroatoms. The maximum absolute atomic E-state index is 12.5. The molecule has 0 aliphatic heterocycles. The van der Waals surface area contributed by atoms with Crippen LogP contribution in [0.15, 0.2) is 44.6 Å². The van der Waals surface area contributed by atoms with Crippen molar-refractivity contribution in [3.05, 3.63) is 41.8 Å². The number of sulfonamides is 1. The van der Waals surface area contributed by atoms with Gasteiger partial charge in [0.2, 0.25) is 15.9 Å². The van der Waals surface area contributed by atoms with Crippen LogP contribution < -0.4 is 5.32 Å². The molecule has 1 amide bonds. The molecule has 0 saturated heterocycles. The van der Waals surface area contributed by atoms with Gasteiger partial charge in [-0.3, -0.25) is 4.79 Å². The van der Waals surface area contributed by atoms with Crippen LogP contribution in [-0.2, 0) is 14.8 Å². The Hall–Kier alpha value is -1.84. The van der Waals surface area contributed by atoms with Crippen LogP contribution in [0.5, 0.6) is 0 Å². The van der Waals surface area contributed by atoms with Crippen molar-refractivity contribution >= 4 is 27.7 Å². The summed E-state index contributed by atoms with van der Waals surface area (Å²) in [5.41, 5.74) is 0.281. The highest BCUT2D eigenvalue weighted by molar-refractivity contribution is 7.99. The van der Waals surface area contributed by atoms with E-state index in [1.807, 2.05) is 30.3 Å². The summed E-state index contributed by atoms with van der Waals surface area (Å²) in [5, 5.41) is 6.37. The van der Waals surface area contributed by atoms with Crippen molar-refractivity contribution in [2.45, 2.75) is 23.6 Å². The van der Waals surface area contributed by atoms with Crippen molar-refractivity contribution in [1.29, 1.82) is 0 Å². The van der Waals surface area contributed by atoms with E-state index in [9.17, 15) is 13.2 Å². The maximum atomic E-state index is 12.5. The van der Waals surface area contributed by atoms with Gasteiger partial charge in [-0.05, 0) is 26.0 Å². The van der Waals surface area contributed by atoms with Gasteiger partial charge >= 0.3 is 0 Å². The van der Waals surface area contributed by atoms with Gasteiger partial charge in [0, 0.05) is 24.2 Å². The van der Waals surface area contributed by atoms with E-state index in [0.717, 1.165) is 9.20 Å². The number of hydrogen-bond acceptors (Lipinski definition) is 6. The molecule has 136 valence electrons. The number of nitrogens with zero attached hydrogens (tertiary/aromatic N) is 2. The van der Waals surface area contributed by atoms with Crippen LogP contribution in [0.3, 0.4) is 0 Å². The first kappa shape index (κ1) is 19.5. The third-order valence-electron chi connectivity index (χ3n) is 3.44. The molecule has 0 unspecified atom stereocenters. The maximum Gasteiger partial charge on any atom is 0.248 e. The first-order valence-corrected chi connectivity index (χ1v) is 10.1. The predicted octanol–water partition coefficient (Wildman–Crippen LogP) is 1.82. The number of likely N-dealkylation sites (N-methyl/N-ethyl adjacent to an activating group) is 1. The van der Waals surface area contributed by atoms with Crippen molar-refractivity contribution in [2.24, 2.45) is 0 Å². The average molecular weight is 383 g/mol. The number of benzene rings is 1. The molecule has 2 aromatic rings. The van der Waals surface area contributed by atoms with Gasteiger partial charge in [0.25, 0.3) is 0 Å². The van der Waals surface area contributed by atoms with Crippen molar-refractivity contribution in [2.75, 3.05) is 25.9 Å². The van der Waals surface area contributed by atoms with Crippen LogP contribution in [0.4, 0.5) is 0 Å². The summed E-state index contributed by atoms with van der Waals surface area (Å²) in [6.07, 6.45) is 0. The second-order valence-corrected chi connectivity index (χ2v) is 8.58. The molecule has 0 saturated carbocycles. The Morgan fingerprint density at radius 1 is 1.28 bits per heavy atom. The molecule has 1 aromatic carbocycles. The fourth-order valence-corrected chi connectivity index (χ4v) is 4.42. The summed E-state index contributed by atoms with van der Waals surface area (Å²) in [4.78, 5) is 13.1. The third kappa shape index (κ3) is 5.07. The number of carbonyl (C=O) groups excluding carboxylic acids is 1. The highest BCUT2D eigenvalue weighted by Crippen LogP contribution is 2.22. The van der Waals surface area contributed by atoms with E-state index in [1.165, 1.54) is 14.0 Å². The first-order chi connectivity index (χ1) is 11.8. The van der Waals surface area contributed by atoms with Crippen molar-refractivity contribution in [3.8, 4) is 0 Å².